The molecule has 0 saturated heterocycles. The molecule has 1 aliphatic heterocycles. The maximum Gasteiger partial charge on any atom is 0.314 e. The summed E-state index contributed by atoms with van der Waals surface area (Å²) in [5, 5.41) is 2.41. The molecule has 2 aromatic rings. The highest BCUT2D eigenvalue weighted by Crippen LogP contribution is 2.32. The first-order chi connectivity index (χ1) is 8.25. The molecule has 0 amide bonds. The zero-order valence-electron chi connectivity index (χ0n) is 9.77. The standard InChI is InChI=1S/C15H14O2/c1-10-6-8-13-12-5-3-2-4-11(12)7-9-14(13)17-15(10)16/h2-5,7,9-10H,6,8H2,1H3. The maximum atomic E-state index is 11.7. The van der Waals surface area contributed by atoms with Crippen molar-refractivity contribution in [1.29, 1.82) is 0 Å². The molecule has 1 unspecified atom stereocenters. The summed E-state index contributed by atoms with van der Waals surface area (Å²) in [4.78, 5) is 11.7. The van der Waals surface area contributed by atoms with Gasteiger partial charge in [-0.3, -0.25) is 4.79 Å². The molecule has 2 nitrogen and oxygen atoms in total. The van der Waals surface area contributed by atoms with E-state index in [9.17, 15) is 4.79 Å². The van der Waals surface area contributed by atoms with Gasteiger partial charge in [0.05, 0.1) is 5.92 Å². The number of benzene rings is 2. The van der Waals surface area contributed by atoms with Gasteiger partial charge in [-0.25, -0.2) is 0 Å². The van der Waals surface area contributed by atoms with Crippen LogP contribution in [0.3, 0.4) is 0 Å². The summed E-state index contributed by atoms with van der Waals surface area (Å²) in [5.74, 6) is 0.609. The van der Waals surface area contributed by atoms with E-state index in [0.717, 1.165) is 18.6 Å². The Morgan fingerprint density at radius 2 is 2.00 bits per heavy atom. The topological polar surface area (TPSA) is 26.3 Å². The van der Waals surface area contributed by atoms with E-state index >= 15 is 0 Å². The minimum Gasteiger partial charge on any atom is -0.426 e. The third-order valence-electron chi connectivity index (χ3n) is 3.44. The van der Waals surface area contributed by atoms with Gasteiger partial charge in [-0.2, -0.15) is 0 Å². The first-order valence-corrected chi connectivity index (χ1v) is 5.98. The Morgan fingerprint density at radius 1 is 1.18 bits per heavy atom. The summed E-state index contributed by atoms with van der Waals surface area (Å²) >= 11 is 0. The molecule has 0 fully saturated rings. The third-order valence-corrected chi connectivity index (χ3v) is 3.44. The van der Waals surface area contributed by atoms with Crippen molar-refractivity contribution in [3.63, 3.8) is 0 Å². The van der Waals surface area contributed by atoms with Crippen molar-refractivity contribution >= 4 is 16.7 Å². The van der Waals surface area contributed by atoms with Crippen LogP contribution in [-0.2, 0) is 11.2 Å². The lowest BCUT2D eigenvalue weighted by molar-refractivity contribution is -0.138. The summed E-state index contributed by atoms with van der Waals surface area (Å²) < 4.78 is 5.44. The Morgan fingerprint density at radius 3 is 2.88 bits per heavy atom. The third kappa shape index (κ3) is 1.70. The molecule has 0 aliphatic carbocycles. The lowest BCUT2D eigenvalue weighted by atomic mass is 9.97. The normalized spacial score (nSPS) is 19.6. The first kappa shape index (κ1) is 10.3. The highest BCUT2D eigenvalue weighted by molar-refractivity contribution is 5.89. The van der Waals surface area contributed by atoms with Gasteiger partial charge in [-0.05, 0) is 29.7 Å². The Bertz CT molecular complexity index is 586. The van der Waals surface area contributed by atoms with Crippen LogP contribution in [0, 0.1) is 5.92 Å². The van der Waals surface area contributed by atoms with Crippen molar-refractivity contribution in [3.8, 4) is 5.75 Å². The molecule has 0 spiro atoms. The zero-order valence-corrected chi connectivity index (χ0v) is 9.77. The molecule has 0 bridgehead atoms. The van der Waals surface area contributed by atoms with E-state index in [4.69, 9.17) is 4.74 Å². The van der Waals surface area contributed by atoms with Crippen LogP contribution in [0.4, 0.5) is 0 Å². The number of hydrogen-bond acceptors (Lipinski definition) is 2. The van der Waals surface area contributed by atoms with Gasteiger partial charge in [0.2, 0.25) is 0 Å². The van der Waals surface area contributed by atoms with Crippen LogP contribution < -0.4 is 4.74 Å². The Labute approximate surface area is 100 Å². The Hall–Kier alpha value is -1.83. The summed E-state index contributed by atoms with van der Waals surface area (Å²) in [6, 6.07) is 12.2. The summed E-state index contributed by atoms with van der Waals surface area (Å²) in [6.07, 6.45) is 1.77. The number of aryl methyl sites for hydroxylation is 1. The second-order valence-corrected chi connectivity index (χ2v) is 4.62. The quantitative estimate of drug-likeness (QED) is 0.508. The van der Waals surface area contributed by atoms with E-state index in [1.807, 2.05) is 31.2 Å². The molecule has 0 aromatic heterocycles. The van der Waals surface area contributed by atoms with Crippen molar-refractivity contribution < 1.29 is 9.53 Å². The lowest BCUT2D eigenvalue weighted by Gasteiger charge is -2.09. The van der Waals surface area contributed by atoms with E-state index in [0.29, 0.717) is 0 Å². The SMILES string of the molecule is CC1CCc2c(ccc3ccccc23)OC1=O. The first-order valence-electron chi connectivity index (χ1n) is 5.98. The van der Waals surface area contributed by atoms with Crippen LogP contribution in [0.25, 0.3) is 10.8 Å². The molecule has 0 N–H and O–H groups in total. The molecule has 2 heteroatoms. The molecule has 1 heterocycles. The molecule has 3 rings (SSSR count). The smallest absolute Gasteiger partial charge is 0.314 e. The fourth-order valence-electron chi connectivity index (χ4n) is 2.36. The van der Waals surface area contributed by atoms with E-state index in [1.54, 1.807) is 0 Å². The largest absolute Gasteiger partial charge is 0.426 e. The van der Waals surface area contributed by atoms with Gasteiger partial charge < -0.3 is 4.74 Å². The monoisotopic (exact) mass is 226 g/mol. The fraction of sp³-hybridized carbons (Fsp3) is 0.267. The van der Waals surface area contributed by atoms with Gasteiger partial charge in [0.25, 0.3) is 0 Å². The van der Waals surface area contributed by atoms with Gasteiger partial charge in [0, 0.05) is 5.56 Å². The Kier molecular flexibility index (Phi) is 2.36. The molecule has 0 saturated carbocycles. The predicted molar refractivity (Wildman–Crippen MR) is 67.1 cm³/mol. The van der Waals surface area contributed by atoms with Gasteiger partial charge in [0.15, 0.2) is 0 Å². The summed E-state index contributed by atoms with van der Waals surface area (Å²) in [7, 11) is 0. The average Bonchev–Trinajstić information content (AvgIpc) is 2.50. The lowest BCUT2D eigenvalue weighted by Crippen LogP contribution is -2.15. The molecule has 2 aromatic carbocycles. The van der Waals surface area contributed by atoms with Gasteiger partial charge in [-0.1, -0.05) is 37.3 Å². The number of fused-ring (bicyclic) bond motifs is 3. The second-order valence-electron chi connectivity index (χ2n) is 4.62. The van der Waals surface area contributed by atoms with Crippen molar-refractivity contribution in [2.75, 3.05) is 0 Å². The molecule has 1 atom stereocenters. The van der Waals surface area contributed by atoms with E-state index in [1.165, 1.54) is 16.3 Å². The Balaban J connectivity index is 2.21. The minimum absolute atomic E-state index is 0.0128. The van der Waals surface area contributed by atoms with Gasteiger partial charge in [0.1, 0.15) is 5.75 Å². The molecule has 17 heavy (non-hydrogen) atoms. The molecular weight excluding hydrogens is 212 g/mol. The minimum atomic E-state index is -0.112. The predicted octanol–water partition coefficient (Wildman–Crippen LogP) is 3.33. The second kappa shape index (κ2) is 3.88. The van der Waals surface area contributed by atoms with E-state index in [-0.39, 0.29) is 11.9 Å². The number of ether oxygens (including phenoxy) is 1. The number of carbonyl (C=O) groups is 1. The molecule has 1 aliphatic rings. The van der Waals surface area contributed by atoms with Crippen LogP contribution in [-0.4, -0.2) is 5.97 Å². The highest BCUT2D eigenvalue weighted by atomic mass is 16.5. The zero-order chi connectivity index (χ0) is 11.8. The average molecular weight is 226 g/mol. The van der Waals surface area contributed by atoms with Gasteiger partial charge >= 0.3 is 5.97 Å². The highest BCUT2D eigenvalue weighted by Gasteiger charge is 2.22. The van der Waals surface area contributed by atoms with Crippen LogP contribution in [0.5, 0.6) is 5.75 Å². The van der Waals surface area contributed by atoms with Crippen molar-refractivity contribution in [1.82, 2.24) is 0 Å². The van der Waals surface area contributed by atoms with Gasteiger partial charge in [-0.15, -0.1) is 0 Å². The maximum absolute atomic E-state index is 11.7. The van der Waals surface area contributed by atoms with Crippen molar-refractivity contribution in [3.05, 3.63) is 42.0 Å². The van der Waals surface area contributed by atoms with Crippen molar-refractivity contribution in [2.24, 2.45) is 5.92 Å². The number of esters is 1. The van der Waals surface area contributed by atoms with Crippen LogP contribution in [0.15, 0.2) is 36.4 Å². The summed E-state index contributed by atoms with van der Waals surface area (Å²) in [5.41, 5.74) is 1.17. The molecule has 0 radical (unpaired) electrons. The number of carbonyl (C=O) groups excluding carboxylic acids is 1. The van der Waals surface area contributed by atoms with E-state index < -0.39 is 0 Å². The van der Waals surface area contributed by atoms with Crippen LogP contribution in [0.2, 0.25) is 0 Å². The summed E-state index contributed by atoms with van der Waals surface area (Å²) in [6.45, 7) is 1.93. The van der Waals surface area contributed by atoms with Crippen molar-refractivity contribution in [2.45, 2.75) is 19.8 Å². The number of hydrogen-bond donors (Lipinski definition) is 0. The fourth-order valence-corrected chi connectivity index (χ4v) is 2.36. The van der Waals surface area contributed by atoms with Crippen LogP contribution >= 0.6 is 0 Å². The molecular formula is C15H14O2. The molecule has 86 valence electrons. The van der Waals surface area contributed by atoms with E-state index in [2.05, 4.69) is 12.1 Å². The number of rotatable bonds is 0. The van der Waals surface area contributed by atoms with Crippen LogP contribution in [0.1, 0.15) is 18.9 Å².